The van der Waals surface area contributed by atoms with Crippen LogP contribution in [0.3, 0.4) is 0 Å². The summed E-state index contributed by atoms with van der Waals surface area (Å²) in [6.45, 7) is 2.19. The molecule has 1 aliphatic rings. The summed E-state index contributed by atoms with van der Waals surface area (Å²) in [4.78, 5) is 2.29. The molecule has 13 heavy (non-hydrogen) atoms. The lowest BCUT2D eigenvalue weighted by molar-refractivity contribution is 0.410. The van der Waals surface area contributed by atoms with E-state index in [-0.39, 0.29) is 0 Å². The molecule has 0 spiro atoms. The molecule has 4 heteroatoms. The first-order chi connectivity index (χ1) is 6.29. The van der Waals surface area contributed by atoms with Crippen molar-refractivity contribution in [3.63, 3.8) is 0 Å². The van der Waals surface area contributed by atoms with E-state index in [0.717, 1.165) is 25.2 Å². The Labute approximate surface area is 77.2 Å². The summed E-state index contributed by atoms with van der Waals surface area (Å²) in [7, 11) is 2.11. The highest BCUT2D eigenvalue weighted by Crippen LogP contribution is 2.24. The predicted octanol–water partition coefficient (Wildman–Crippen LogP) is 0.700. The second-order valence-electron chi connectivity index (χ2n) is 3.57. The highest BCUT2D eigenvalue weighted by atomic mass is 15.2. The van der Waals surface area contributed by atoms with Crippen molar-refractivity contribution in [2.75, 3.05) is 20.1 Å². The lowest BCUT2D eigenvalue weighted by atomic mass is 10.1. The van der Waals surface area contributed by atoms with Crippen LogP contribution in [0, 0.1) is 11.3 Å². The maximum Gasteiger partial charge on any atom is 0.162 e. The van der Waals surface area contributed by atoms with Gasteiger partial charge in [-0.05, 0) is 26.1 Å². The van der Waals surface area contributed by atoms with Gasteiger partial charge in [0.15, 0.2) is 5.69 Å². The van der Waals surface area contributed by atoms with E-state index < -0.39 is 0 Å². The van der Waals surface area contributed by atoms with Crippen molar-refractivity contribution in [2.45, 2.75) is 12.3 Å². The van der Waals surface area contributed by atoms with Crippen LogP contribution in [0.5, 0.6) is 0 Å². The molecule has 0 bridgehead atoms. The van der Waals surface area contributed by atoms with E-state index in [2.05, 4.69) is 22.1 Å². The monoisotopic (exact) mass is 176 g/mol. The average molecular weight is 176 g/mol. The van der Waals surface area contributed by atoms with Crippen molar-refractivity contribution in [1.82, 2.24) is 15.1 Å². The van der Waals surface area contributed by atoms with Crippen molar-refractivity contribution in [2.24, 2.45) is 0 Å². The van der Waals surface area contributed by atoms with E-state index in [1.165, 1.54) is 0 Å². The van der Waals surface area contributed by atoms with E-state index in [0.29, 0.717) is 11.6 Å². The molecule has 1 aromatic heterocycles. The Balaban J connectivity index is 2.13. The van der Waals surface area contributed by atoms with Gasteiger partial charge in [-0.15, -0.1) is 0 Å². The number of aromatic nitrogens is 2. The quantitative estimate of drug-likeness (QED) is 0.685. The molecular weight excluding hydrogens is 164 g/mol. The second-order valence-corrected chi connectivity index (χ2v) is 3.57. The third-order valence-electron chi connectivity index (χ3n) is 2.54. The van der Waals surface area contributed by atoms with Crippen LogP contribution in [0.1, 0.15) is 23.7 Å². The number of hydrogen-bond donors (Lipinski definition) is 1. The molecule has 68 valence electrons. The van der Waals surface area contributed by atoms with Gasteiger partial charge < -0.3 is 4.90 Å². The second kappa shape index (κ2) is 3.19. The standard InChI is InChI=1S/C9H12N4/c1-13-3-2-7(6-13)9-4-8(5-10)11-12-9/h4,7H,2-3,6H2,1H3,(H,11,12). The van der Waals surface area contributed by atoms with Gasteiger partial charge in [0.2, 0.25) is 0 Å². The van der Waals surface area contributed by atoms with Crippen LogP contribution >= 0.6 is 0 Å². The Hall–Kier alpha value is -1.34. The SMILES string of the molecule is CN1CCC(c2cc(C#N)n[nH]2)C1. The van der Waals surface area contributed by atoms with E-state index in [1.807, 2.05) is 12.1 Å². The van der Waals surface area contributed by atoms with Crippen molar-refractivity contribution in [3.05, 3.63) is 17.5 Å². The number of hydrogen-bond acceptors (Lipinski definition) is 3. The van der Waals surface area contributed by atoms with Gasteiger partial charge in [0.25, 0.3) is 0 Å². The summed E-state index contributed by atoms with van der Waals surface area (Å²) in [6, 6.07) is 3.88. The van der Waals surface area contributed by atoms with Gasteiger partial charge in [0.1, 0.15) is 6.07 Å². The molecule has 1 atom stereocenters. The molecular formula is C9H12N4. The van der Waals surface area contributed by atoms with Crippen LogP contribution in [0.4, 0.5) is 0 Å². The highest BCUT2D eigenvalue weighted by molar-refractivity contribution is 5.24. The van der Waals surface area contributed by atoms with Crippen molar-refractivity contribution in [1.29, 1.82) is 5.26 Å². The van der Waals surface area contributed by atoms with Crippen molar-refractivity contribution < 1.29 is 0 Å². The van der Waals surface area contributed by atoms with E-state index in [4.69, 9.17) is 5.26 Å². The fourth-order valence-corrected chi connectivity index (χ4v) is 1.79. The van der Waals surface area contributed by atoms with Gasteiger partial charge in [-0.1, -0.05) is 0 Å². The molecule has 2 heterocycles. The molecule has 2 rings (SSSR count). The third kappa shape index (κ3) is 1.56. The summed E-state index contributed by atoms with van der Waals surface area (Å²) in [5.41, 5.74) is 1.59. The van der Waals surface area contributed by atoms with Crippen LogP contribution in [0.25, 0.3) is 0 Å². The molecule has 0 radical (unpaired) electrons. The van der Waals surface area contributed by atoms with Gasteiger partial charge in [-0.3, -0.25) is 5.10 Å². The molecule has 0 aromatic carbocycles. The minimum atomic E-state index is 0.490. The Bertz CT molecular complexity index is 336. The topological polar surface area (TPSA) is 55.7 Å². The van der Waals surface area contributed by atoms with E-state index in [9.17, 15) is 0 Å². The summed E-state index contributed by atoms with van der Waals surface area (Å²) in [6.07, 6.45) is 1.16. The Morgan fingerprint density at radius 2 is 2.62 bits per heavy atom. The van der Waals surface area contributed by atoms with E-state index >= 15 is 0 Å². The fraction of sp³-hybridized carbons (Fsp3) is 0.556. The third-order valence-corrected chi connectivity index (χ3v) is 2.54. The van der Waals surface area contributed by atoms with Gasteiger partial charge in [0, 0.05) is 18.2 Å². The first-order valence-electron chi connectivity index (χ1n) is 4.43. The van der Waals surface area contributed by atoms with Crippen LogP contribution in [0.2, 0.25) is 0 Å². The summed E-state index contributed by atoms with van der Waals surface area (Å²) >= 11 is 0. The zero-order valence-electron chi connectivity index (χ0n) is 7.62. The van der Waals surface area contributed by atoms with Crippen molar-refractivity contribution in [3.8, 4) is 6.07 Å². The molecule has 1 aliphatic heterocycles. The smallest absolute Gasteiger partial charge is 0.162 e. The first-order valence-corrected chi connectivity index (χ1v) is 4.43. The van der Waals surface area contributed by atoms with Crippen LogP contribution in [0.15, 0.2) is 6.07 Å². The zero-order chi connectivity index (χ0) is 9.26. The molecule has 0 aliphatic carbocycles. The van der Waals surface area contributed by atoms with Crippen molar-refractivity contribution >= 4 is 0 Å². The molecule has 4 nitrogen and oxygen atoms in total. The molecule has 1 unspecified atom stereocenters. The number of H-pyrrole nitrogens is 1. The molecule has 1 N–H and O–H groups in total. The largest absolute Gasteiger partial charge is 0.306 e. The Morgan fingerprint density at radius 1 is 1.77 bits per heavy atom. The van der Waals surface area contributed by atoms with Gasteiger partial charge in [-0.2, -0.15) is 10.4 Å². The summed E-state index contributed by atoms with van der Waals surface area (Å²) in [5, 5.41) is 15.4. The first kappa shape index (κ1) is 8.27. The minimum absolute atomic E-state index is 0.490. The van der Waals surface area contributed by atoms with Gasteiger partial charge >= 0.3 is 0 Å². The normalized spacial score (nSPS) is 23.2. The van der Waals surface area contributed by atoms with Gasteiger partial charge in [0.05, 0.1) is 0 Å². The van der Waals surface area contributed by atoms with Gasteiger partial charge in [-0.25, -0.2) is 0 Å². The number of nitriles is 1. The number of nitrogens with zero attached hydrogens (tertiary/aromatic N) is 3. The Kier molecular flexibility index (Phi) is 2.03. The maximum atomic E-state index is 8.60. The summed E-state index contributed by atoms with van der Waals surface area (Å²) in [5.74, 6) is 0.527. The van der Waals surface area contributed by atoms with Crippen LogP contribution in [-0.4, -0.2) is 35.2 Å². The summed E-state index contributed by atoms with van der Waals surface area (Å²) < 4.78 is 0. The number of nitrogens with one attached hydrogen (secondary N) is 1. The number of rotatable bonds is 1. The molecule has 1 fully saturated rings. The lowest BCUT2D eigenvalue weighted by Gasteiger charge is -2.07. The maximum absolute atomic E-state index is 8.60. The Morgan fingerprint density at radius 3 is 3.15 bits per heavy atom. The predicted molar refractivity (Wildman–Crippen MR) is 48.2 cm³/mol. The fourth-order valence-electron chi connectivity index (χ4n) is 1.79. The molecule has 1 saturated heterocycles. The van der Waals surface area contributed by atoms with Crippen LogP contribution < -0.4 is 0 Å². The minimum Gasteiger partial charge on any atom is -0.306 e. The number of aromatic amines is 1. The molecule has 0 amide bonds. The van der Waals surface area contributed by atoms with Crippen LogP contribution in [-0.2, 0) is 0 Å². The molecule has 0 saturated carbocycles. The zero-order valence-corrected chi connectivity index (χ0v) is 7.62. The number of likely N-dealkylation sites (N-methyl/N-ethyl adjacent to an activating group) is 1. The number of likely N-dealkylation sites (tertiary alicyclic amines) is 1. The lowest BCUT2D eigenvalue weighted by Crippen LogP contribution is -2.13. The average Bonchev–Trinajstić information content (AvgIpc) is 2.71. The highest BCUT2D eigenvalue weighted by Gasteiger charge is 2.22. The molecule has 1 aromatic rings. The van der Waals surface area contributed by atoms with E-state index in [1.54, 1.807) is 0 Å².